The first-order chi connectivity index (χ1) is 14.3. The van der Waals surface area contributed by atoms with Gasteiger partial charge in [0.25, 0.3) is 5.56 Å². The summed E-state index contributed by atoms with van der Waals surface area (Å²) in [6.07, 6.45) is 1.71. The number of anilines is 1. The molecule has 1 heterocycles. The number of aryl methyl sites for hydroxylation is 1. The fourth-order valence-electron chi connectivity index (χ4n) is 3.94. The summed E-state index contributed by atoms with van der Waals surface area (Å²) in [5, 5.41) is 2.42. The number of benzene rings is 2. The fraction of sp³-hybridized carbons (Fsp3) is 0.238. The Hall–Kier alpha value is -3.00. The predicted molar refractivity (Wildman–Crippen MR) is 108 cm³/mol. The van der Waals surface area contributed by atoms with Gasteiger partial charge in [-0.3, -0.25) is 4.79 Å². The number of H-pyrrole nitrogens is 1. The minimum absolute atomic E-state index is 0.0179. The van der Waals surface area contributed by atoms with E-state index in [0.717, 1.165) is 18.2 Å². The van der Waals surface area contributed by atoms with Gasteiger partial charge in [0.15, 0.2) is 0 Å². The minimum Gasteiger partial charge on any atom is -0.325 e. The molecule has 4 rings (SSSR count). The largest absolute Gasteiger partial charge is 0.325 e. The molecule has 2 aromatic carbocycles. The van der Waals surface area contributed by atoms with Gasteiger partial charge >= 0.3 is 6.03 Å². The number of halogens is 4. The molecule has 2 amide bonds. The van der Waals surface area contributed by atoms with E-state index in [1.807, 2.05) is 0 Å². The molecule has 9 heteroatoms. The lowest BCUT2D eigenvalue weighted by atomic mass is 9.86. The maximum Gasteiger partial charge on any atom is 0.322 e. The van der Waals surface area contributed by atoms with Gasteiger partial charge in [-0.2, -0.15) is 0 Å². The first kappa shape index (κ1) is 20.3. The van der Waals surface area contributed by atoms with E-state index in [1.165, 1.54) is 17.0 Å². The van der Waals surface area contributed by atoms with Crippen LogP contribution < -0.4 is 10.9 Å². The van der Waals surface area contributed by atoms with E-state index in [9.17, 15) is 22.8 Å². The third-order valence-electron chi connectivity index (χ3n) is 5.35. The normalized spacial score (nSPS) is 15.7. The van der Waals surface area contributed by atoms with Crippen LogP contribution in [0, 0.1) is 17.5 Å². The Kier molecular flexibility index (Phi) is 5.19. The van der Waals surface area contributed by atoms with Gasteiger partial charge in [-0.25, -0.2) is 18.0 Å². The second-order valence-electron chi connectivity index (χ2n) is 7.23. The van der Waals surface area contributed by atoms with Crippen LogP contribution in [-0.4, -0.2) is 23.0 Å². The van der Waals surface area contributed by atoms with E-state index in [4.69, 9.17) is 11.6 Å². The highest BCUT2D eigenvalue weighted by Crippen LogP contribution is 2.38. The molecule has 0 spiro atoms. The molecular weight excluding hydrogens is 419 g/mol. The quantitative estimate of drug-likeness (QED) is 0.585. The summed E-state index contributed by atoms with van der Waals surface area (Å²) in [7, 11) is 1.54. The summed E-state index contributed by atoms with van der Waals surface area (Å²) in [4.78, 5) is 29.2. The SMILES string of the molecule is CN(C(=O)Nc1ccc(F)c(Cl)c1)[C@H]1CCCc2[nH]c(=O)c3cc(F)cc(F)c3c21. The van der Waals surface area contributed by atoms with Crippen molar-refractivity contribution in [3.8, 4) is 0 Å². The van der Waals surface area contributed by atoms with Crippen molar-refractivity contribution in [2.24, 2.45) is 0 Å². The number of aromatic nitrogens is 1. The highest BCUT2D eigenvalue weighted by atomic mass is 35.5. The zero-order valence-corrected chi connectivity index (χ0v) is 16.6. The highest BCUT2D eigenvalue weighted by Gasteiger charge is 2.31. The average molecular weight is 436 g/mol. The summed E-state index contributed by atoms with van der Waals surface area (Å²) >= 11 is 5.76. The Labute approximate surface area is 174 Å². The number of rotatable bonds is 2. The van der Waals surface area contributed by atoms with Crippen molar-refractivity contribution in [2.75, 3.05) is 12.4 Å². The molecule has 1 atom stereocenters. The first-order valence-corrected chi connectivity index (χ1v) is 9.66. The molecule has 2 N–H and O–H groups in total. The molecule has 1 aromatic heterocycles. The predicted octanol–water partition coefficient (Wildman–Crippen LogP) is 5.14. The Morgan fingerprint density at radius 3 is 2.70 bits per heavy atom. The molecular formula is C21H17ClF3N3O2. The molecule has 1 aliphatic rings. The van der Waals surface area contributed by atoms with Crippen LogP contribution in [0.15, 0.2) is 35.1 Å². The summed E-state index contributed by atoms with van der Waals surface area (Å²) in [6, 6.07) is 4.44. The average Bonchev–Trinajstić information content (AvgIpc) is 2.69. The molecule has 0 aliphatic heterocycles. The third kappa shape index (κ3) is 3.52. The standard InChI is InChI=1S/C21H17ClF3N3O2/c1-28(21(30)26-11-5-6-14(24)13(22)9-11)17-4-2-3-16-19(17)18-12(20(29)27-16)7-10(23)8-15(18)25/h5-9,17H,2-4H2,1H3,(H,26,30)(H,27,29)/t17-/m0/s1. The molecule has 0 fully saturated rings. The lowest BCUT2D eigenvalue weighted by Crippen LogP contribution is -2.37. The molecule has 0 saturated carbocycles. The zero-order chi connectivity index (χ0) is 21.6. The van der Waals surface area contributed by atoms with Gasteiger partial charge in [0.1, 0.15) is 17.5 Å². The summed E-state index contributed by atoms with van der Waals surface area (Å²) in [5.74, 6) is -2.31. The lowest BCUT2D eigenvalue weighted by Gasteiger charge is -2.34. The number of urea groups is 1. The van der Waals surface area contributed by atoms with Crippen LogP contribution in [0.1, 0.15) is 30.1 Å². The monoisotopic (exact) mass is 435 g/mol. The van der Waals surface area contributed by atoms with Gasteiger partial charge < -0.3 is 15.2 Å². The summed E-state index contributed by atoms with van der Waals surface area (Å²) in [5.41, 5.74) is 0.714. The maximum atomic E-state index is 14.7. The van der Waals surface area contributed by atoms with Gasteiger partial charge in [-0.15, -0.1) is 0 Å². The molecule has 5 nitrogen and oxygen atoms in total. The van der Waals surface area contributed by atoms with Crippen molar-refractivity contribution in [1.82, 2.24) is 9.88 Å². The number of hydrogen-bond donors (Lipinski definition) is 2. The van der Waals surface area contributed by atoms with E-state index >= 15 is 0 Å². The van der Waals surface area contributed by atoms with Crippen LogP contribution in [0.5, 0.6) is 0 Å². The number of nitrogens with zero attached hydrogens (tertiary/aromatic N) is 1. The van der Waals surface area contributed by atoms with Crippen LogP contribution in [-0.2, 0) is 6.42 Å². The van der Waals surface area contributed by atoms with Crippen molar-refractivity contribution in [1.29, 1.82) is 0 Å². The number of nitrogens with one attached hydrogen (secondary N) is 2. The number of amides is 2. The molecule has 0 radical (unpaired) electrons. The van der Waals surface area contributed by atoms with E-state index < -0.39 is 35.1 Å². The minimum atomic E-state index is -0.850. The fourth-order valence-corrected chi connectivity index (χ4v) is 4.13. The molecule has 3 aromatic rings. The van der Waals surface area contributed by atoms with Gasteiger partial charge in [0.2, 0.25) is 0 Å². The van der Waals surface area contributed by atoms with Gasteiger partial charge in [-0.1, -0.05) is 11.6 Å². The Morgan fingerprint density at radius 2 is 1.97 bits per heavy atom. The third-order valence-corrected chi connectivity index (χ3v) is 5.64. The number of carbonyl (C=O) groups is 1. The number of aromatic amines is 1. The molecule has 0 saturated heterocycles. The van der Waals surface area contributed by atoms with Crippen molar-refractivity contribution < 1.29 is 18.0 Å². The van der Waals surface area contributed by atoms with Crippen molar-refractivity contribution in [3.05, 3.63) is 74.4 Å². The van der Waals surface area contributed by atoms with E-state index in [-0.39, 0.29) is 15.8 Å². The molecule has 0 bridgehead atoms. The van der Waals surface area contributed by atoms with Crippen LogP contribution in [0.3, 0.4) is 0 Å². The van der Waals surface area contributed by atoms with E-state index in [2.05, 4.69) is 10.3 Å². The van der Waals surface area contributed by atoms with E-state index in [1.54, 1.807) is 7.05 Å². The second kappa shape index (κ2) is 7.68. The van der Waals surface area contributed by atoms with E-state index in [0.29, 0.717) is 36.2 Å². The first-order valence-electron chi connectivity index (χ1n) is 9.29. The zero-order valence-electron chi connectivity index (χ0n) is 15.9. The molecule has 30 heavy (non-hydrogen) atoms. The molecule has 156 valence electrons. The van der Waals surface area contributed by atoms with Crippen LogP contribution in [0.4, 0.5) is 23.7 Å². The number of fused-ring (bicyclic) bond motifs is 3. The number of hydrogen-bond acceptors (Lipinski definition) is 2. The number of carbonyl (C=O) groups excluding carboxylic acids is 1. The Bertz CT molecular complexity index is 1230. The summed E-state index contributed by atoms with van der Waals surface area (Å²) < 4.78 is 41.8. The smallest absolute Gasteiger partial charge is 0.322 e. The molecule has 1 aliphatic carbocycles. The van der Waals surface area contributed by atoms with Gasteiger partial charge in [-0.05, 0) is 43.5 Å². The van der Waals surface area contributed by atoms with Gasteiger partial charge in [0.05, 0.1) is 16.5 Å². The lowest BCUT2D eigenvalue weighted by molar-refractivity contribution is 0.197. The van der Waals surface area contributed by atoms with Crippen LogP contribution in [0.2, 0.25) is 5.02 Å². The Morgan fingerprint density at radius 1 is 1.20 bits per heavy atom. The summed E-state index contributed by atoms with van der Waals surface area (Å²) in [6.45, 7) is 0. The molecule has 0 unspecified atom stereocenters. The van der Waals surface area contributed by atoms with Crippen LogP contribution in [0.25, 0.3) is 10.8 Å². The van der Waals surface area contributed by atoms with Crippen molar-refractivity contribution in [3.63, 3.8) is 0 Å². The number of pyridine rings is 1. The highest BCUT2D eigenvalue weighted by molar-refractivity contribution is 6.31. The van der Waals surface area contributed by atoms with Crippen molar-refractivity contribution >= 4 is 34.1 Å². The van der Waals surface area contributed by atoms with Gasteiger partial charge in [0, 0.05) is 35.4 Å². The van der Waals surface area contributed by atoms with Crippen LogP contribution >= 0.6 is 11.6 Å². The van der Waals surface area contributed by atoms with Crippen molar-refractivity contribution in [2.45, 2.75) is 25.3 Å². The second-order valence-corrected chi connectivity index (χ2v) is 7.64. The Balaban J connectivity index is 1.75. The maximum absolute atomic E-state index is 14.7. The topological polar surface area (TPSA) is 65.2 Å².